The second-order valence-corrected chi connectivity index (χ2v) is 12.6. The Hall–Kier alpha value is -3.81. The number of piperidine rings is 1. The smallest absolute Gasteiger partial charge is 0.251 e. The number of anilines is 1. The molecule has 9 nitrogen and oxygen atoms in total. The first-order chi connectivity index (χ1) is 21.5. The van der Waals surface area contributed by atoms with Gasteiger partial charge in [-0.1, -0.05) is 50.7 Å². The van der Waals surface area contributed by atoms with Crippen molar-refractivity contribution in [3.05, 3.63) is 65.8 Å². The molecule has 2 aliphatic rings. The fourth-order valence-electron chi connectivity index (χ4n) is 4.82. The summed E-state index contributed by atoms with van der Waals surface area (Å²) in [6.45, 7) is 18.0. The van der Waals surface area contributed by atoms with Crippen LogP contribution in [-0.4, -0.2) is 71.5 Å². The third kappa shape index (κ3) is 13.4. The SMILES string of the molecule is C=CNc1ccc2cc(C(=O)NCCN3CCCCC3)ccc2c1.CCC(C)(C)NC(C)=O.CCCN1C(=O)CS/C1=C/C#N. The number of allylic oxidation sites excluding steroid dienone is 1. The predicted octanol–water partition coefficient (Wildman–Crippen LogP) is 6.26. The van der Waals surface area contributed by atoms with E-state index in [0.717, 1.165) is 60.5 Å². The predicted molar refractivity (Wildman–Crippen MR) is 187 cm³/mol. The number of rotatable bonds is 10. The lowest BCUT2D eigenvalue weighted by Crippen LogP contribution is -2.41. The van der Waals surface area contributed by atoms with Gasteiger partial charge in [-0.05, 0) is 93.9 Å². The van der Waals surface area contributed by atoms with Crippen molar-refractivity contribution in [2.75, 3.05) is 43.8 Å². The van der Waals surface area contributed by atoms with Crippen LogP contribution in [0.5, 0.6) is 0 Å². The number of nitrogens with zero attached hydrogens (tertiary/aromatic N) is 3. The van der Waals surface area contributed by atoms with Gasteiger partial charge in [0.15, 0.2) is 0 Å². The highest BCUT2D eigenvalue weighted by Crippen LogP contribution is 2.28. The van der Waals surface area contributed by atoms with E-state index in [1.54, 1.807) is 11.1 Å². The lowest BCUT2D eigenvalue weighted by atomic mass is 10.0. The van der Waals surface area contributed by atoms with Gasteiger partial charge in [0.1, 0.15) is 0 Å². The molecule has 0 radical (unpaired) electrons. The molecule has 10 heteroatoms. The third-order valence-electron chi connectivity index (χ3n) is 7.48. The maximum absolute atomic E-state index is 12.3. The first-order valence-electron chi connectivity index (χ1n) is 15.8. The highest BCUT2D eigenvalue weighted by molar-refractivity contribution is 8.04. The number of carbonyl (C=O) groups excluding carboxylic acids is 3. The highest BCUT2D eigenvalue weighted by atomic mass is 32.2. The van der Waals surface area contributed by atoms with E-state index in [4.69, 9.17) is 5.26 Å². The molecule has 3 N–H and O–H groups in total. The molecule has 0 unspecified atom stereocenters. The molecule has 0 bridgehead atoms. The van der Waals surface area contributed by atoms with Gasteiger partial charge in [0, 0.05) is 49.4 Å². The van der Waals surface area contributed by atoms with Crippen LogP contribution in [0.4, 0.5) is 5.69 Å². The Bertz CT molecular complexity index is 1360. The monoisotopic (exact) mass is 634 g/mol. The lowest BCUT2D eigenvalue weighted by Gasteiger charge is -2.26. The third-order valence-corrected chi connectivity index (χ3v) is 8.50. The van der Waals surface area contributed by atoms with Gasteiger partial charge in [-0.2, -0.15) is 5.26 Å². The van der Waals surface area contributed by atoms with E-state index >= 15 is 0 Å². The van der Waals surface area contributed by atoms with Gasteiger partial charge in [0.25, 0.3) is 5.91 Å². The van der Waals surface area contributed by atoms with E-state index in [1.165, 1.54) is 44.0 Å². The normalized spacial score (nSPS) is 15.7. The van der Waals surface area contributed by atoms with Crippen LogP contribution in [0.25, 0.3) is 10.8 Å². The number of likely N-dealkylation sites (tertiary alicyclic amines) is 1. The van der Waals surface area contributed by atoms with Gasteiger partial charge in [0.05, 0.1) is 16.9 Å². The molecule has 2 saturated heterocycles. The topological polar surface area (TPSA) is 118 Å². The molecule has 2 fully saturated rings. The van der Waals surface area contributed by atoms with E-state index in [2.05, 4.69) is 40.4 Å². The summed E-state index contributed by atoms with van der Waals surface area (Å²) in [6.07, 6.45) is 8.88. The van der Waals surface area contributed by atoms with Crippen LogP contribution in [0.3, 0.4) is 0 Å². The highest BCUT2D eigenvalue weighted by Gasteiger charge is 2.25. The second-order valence-electron chi connectivity index (χ2n) is 11.6. The summed E-state index contributed by atoms with van der Waals surface area (Å²) in [5, 5.41) is 20.3. The fraction of sp³-hybridized carbons (Fsp3) is 0.486. The van der Waals surface area contributed by atoms with E-state index < -0.39 is 0 Å². The first-order valence-corrected chi connectivity index (χ1v) is 16.8. The number of carbonyl (C=O) groups is 3. The standard InChI is InChI=1S/C20H25N3O.C8H10N2OS.C7H15NO/c1-2-21-19-9-8-16-14-18(7-6-17(16)15-19)20(24)22-10-13-23-11-4-3-5-12-23;1-2-5-10-7(11)6-12-8(10)3-4-9;1-5-7(3,4)8-6(2)9/h2,6-9,14-15,21H,1,3-5,10-13H2,(H,22,24);3H,2,5-6H2,1H3;5H2,1-4H3,(H,8,9)/b;8-3+;. The lowest BCUT2D eigenvalue weighted by molar-refractivity contribution is -0.125. The number of thioether (sulfide) groups is 1. The molecule has 2 aromatic rings. The van der Waals surface area contributed by atoms with E-state index in [0.29, 0.717) is 17.9 Å². The zero-order chi connectivity index (χ0) is 33.2. The van der Waals surface area contributed by atoms with Crippen molar-refractivity contribution in [3.63, 3.8) is 0 Å². The van der Waals surface area contributed by atoms with Crippen LogP contribution in [-0.2, 0) is 9.59 Å². The molecule has 45 heavy (non-hydrogen) atoms. The van der Waals surface area contributed by atoms with Gasteiger partial charge in [0.2, 0.25) is 11.8 Å². The Kier molecular flexibility index (Phi) is 16.2. The van der Waals surface area contributed by atoms with E-state index in [-0.39, 0.29) is 23.3 Å². The van der Waals surface area contributed by atoms with Crippen LogP contribution >= 0.6 is 11.8 Å². The summed E-state index contributed by atoms with van der Waals surface area (Å²) in [6, 6.07) is 13.8. The Morgan fingerprint density at radius 3 is 2.36 bits per heavy atom. The van der Waals surface area contributed by atoms with Gasteiger partial charge in [-0.15, -0.1) is 0 Å². The van der Waals surface area contributed by atoms with Gasteiger partial charge >= 0.3 is 0 Å². The van der Waals surface area contributed by atoms with Crippen molar-refractivity contribution in [2.24, 2.45) is 0 Å². The summed E-state index contributed by atoms with van der Waals surface area (Å²) in [5.74, 6) is 0.639. The number of nitrogens with one attached hydrogen (secondary N) is 3. The van der Waals surface area contributed by atoms with Crippen molar-refractivity contribution >= 4 is 45.9 Å². The van der Waals surface area contributed by atoms with Crippen molar-refractivity contribution in [2.45, 2.75) is 72.3 Å². The molecule has 2 aliphatic heterocycles. The summed E-state index contributed by atoms with van der Waals surface area (Å²) in [5.41, 5.74) is 1.67. The Morgan fingerprint density at radius 2 is 1.76 bits per heavy atom. The molecule has 0 spiro atoms. The molecule has 244 valence electrons. The number of nitriles is 1. The number of fused-ring (bicyclic) bond motifs is 1. The quantitative estimate of drug-likeness (QED) is 0.264. The van der Waals surface area contributed by atoms with Crippen molar-refractivity contribution in [3.8, 4) is 6.07 Å². The summed E-state index contributed by atoms with van der Waals surface area (Å²) in [4.78, 5) is 38.2. The van der Waals surface area contributed by atoms with E-state index in [1.807, 2.05) is 57.2 Å². The minimum absolute atomic E-state index is 0.00204. The zero-order valence-corrected chi connectivity index (χ0v) is 28.4. The average molecular weight is 635 g/mol. The summed E-state index contributed by atoms with van der Waals surface area (Å²) in [7, 11) is 0. The number of amides is 3. The summed E-state index contributed by atoms with van der Waals surface area (Å²) < 4.78 is 0. The molecule has 0 saturated carbocycles. The fourth-order valence-corrected chi connectivity index (χ4v) is 5.73. The molecule has 0 aromatic heterocycles. The van der Waals surface area contributed by atoms with Crippen LogP contribution in [0, 0.1) is 11.3 Å². The van der Waals surface area contributed by atoms with Gasteiger partial charge in [-0.3, -0.25) is 14.4 Å². The largest absolute Gasteiger partial charge is 0.362 e. The molecule has 3 amide bonds. The molecule has 0 atom stereocenters. The zero-order valence-electron chi connectivity index (χ0n) is 27.6. The van der Waals surface area contributed by atoms with E-state index in [9.17, 15) is 14.4 Å². The number of hydrogen-bond acceptors (Lipinski definition) is 7. The molecule has 2 heterocycles. The molecular formula is C35H50N6O3S. The first kappa shape index (κ1) is 37.4. The minimum atomic E-state index is -0.0359. The van der Waals surface area contributed by atoms with Crippen molar-refractivity contribution in [1.29, 1.82) is 5.26 Å². The molecular weight excluding hydrogens is 584 g/mol. The maximum Gasteiger partial charge on any atom is 0.251 e. The van der Waals surface area contributed by atoms with Crippen LogP contribution in [0.15, 0.2) is 60.3 Å². The van der Waals surface area contributed by atoms with Crippen molar-refractivity contribution < 1.29 is 14.4 Å². The average Bonchev–Trinajstić information content (AvgIpc) is 3.36. The molecule has 4 rings (SSSR count). The van der Waals surface area contributed by atoms with Crippen molar-refractivity contribution in [1.82, 2.24) is 20.4 Å². The van der Waals surface area contributed by atoms with Crippen LogP contribution in [0.2, 0.25) is 0 Å². The van der Waals surface area contributed by atoms with Crippen LogP contribution in [0.1, 0.15) is 77.1 Å². The number of hydrogen-bond donors (Lipinski definition) is 3. The molecule has 0 aliphatic carbocycles. The maximum atomic E-state index is 12.3. The Labute approximate surface area is 273 Å². The molecule has 2 aromatic carbocycles. The van der Waals surface area contributed by atoms with Gasteiger partial charge in [-0.25, -0.2) is 0 Å². The summed E-state index contributed by atoms with van der Waals surface area (Å²) >= 11 is 1.44. The van der Waals surface area contributed by atoms with Crippen LogP contribution < -0.4 is 16.0 Å². The minimum Gasteiger partial charge on any atom is -0.362 e. The van der Waals surface area contributed by atoms with Gasteiger partial charge < -0.3 is 25.8 Å². The Balaban J connectivity index is 0.000000280. The number of benzene rings is 2. The Morgan fingerprint density at radius 1 is 1.07 bits per heavy atom. The second kappa shape index (κ2) is 19.6.